The molecular weight excluding hydrogens is 258 g/mol. The third kappa shape index (κ3) is 5.33. The maximum absolute atomic E-state index is 6.08. The molecule has 64 valence electrons. The lowest BCUT2D eigenvalue weighted by atomic mass is 11.2. The average molecular weight is 266 g/mol. The van der Waals surface area contributed by atoms with Crippen LogP contribution in [0.15, 0.2) is 24.6 Å². The summed E-state index contributed by atoms with van der Waals surface area (Å²) in [6, 6.07) is -2.63. The van der Waals surface area contributed by atoms with E-state index in [1.807, 2.05) is 0 Å². The Kier molecular flexibility index (Phi) is 4.77. The molecule has 0 N–H and O–H groups in total. The van der Waals surface area contributed by atoms with Gasteiger partial charge in [-0.15, -0.1) is 46.4 Å². The van der Waals surface area contributed by atoms with E-state index in [4.69, 9.17) is 44.3 Å². The monoisotopic (exact) mass is 264 g/mol. The van der Waals surface area contributed by atoms with Crippen LogP contribution < -0.4 is 0 Å². The fourth-order valence-electron chi connectivity index (χ4n) is 0.535. The van der Waals surface area contributed by atoms with Gasteiger partial charge in [-0.1, -0.05) is 11.4 Å². The number of hydrogen-bond donors (Lipinski definition) is 0. The molecule has 0 aliphatic carbocycles. The zero-order valence-corrected chi connectivity index (χ0v) is 10.8. The van der Waals surface area contributed by atoms with Gasteiger partial charge in [0.15, 0.2) is 0 Å². The molecule has 0 heterocycles. The van der Waals surface area contributed by atoms with Gasteiger partial charge in [0, 0.05) is 0 Å². The minimum Gasteiger partial charge on any atom is -0.156 e. The van der Waals surface area contributed by atoms with E-state index in [-0.39, 0.29) is 0 Å². The van der Waals surface area contributed by atoms with Crippen molar-refractivity contribution in [3.05, 3.63) is 24.6 Å². The normalized spacial score (nSPS) is 12.7. The van der Waals surface area contributed by atoms with Crippen LogP contribution in [0.5, 0.6) is 0 Å². The Bertz CT molecular complexity index is 154. The Balaban J connectivity index is 4.31. The molecule has 0 saturated carbocycles. The third-order valence-corrected chi connectivity index (χ3v) is 12.0. The number of rotatable bonds is 4. The summed E-state index contributed by atoms with van der Waals surface area (Å²) >= 11 is 23.2. The van der Waals surface area contributed by atoms with Crippen LogP contribution in [-0.2, 0) is 0 Å². The van der Waals surface area contributed by atoms with E-state index in [0.717, 1.165) is 0 Å². The Labute approximate surface area is 87.6 Å². The fourth-order valence-corrected chi connectivity index (χ4v) is 13.9. The van der Waals surface area contributed by atoms with Gasteiger partial charge in [-0.05, 0) is 5.67 Å². The highest BCUT2D eigenvalue weighted by Crippen LogP contribution is 2.33. The Morgan fingerprint density at radius 1 is 1.00 bits per heavy atom. The molecule has 0 aromatic heterocycles. The van der Waals surface area contributed by atoms with E-state index in [0.29, 0.717) is 5.67 Å². The van der Waals surface area contributed by atoms with E-state index in [1.54, 1.807) is 11.4 Å². The van der Waals surface area contributed by atoms with Crippen molar-refractivity contribution < 1.29 is 0 Å². The van der Waals surface area contributed by atoms with Crippen molar-refractivity contribution in [1.82, 2.24) is 0 Å². The van der Waals surface area contributed by atoms with Gasteiger partial charge >= 0.3 is 6.00 Å². The summed E-state index contributed by atoms with van der Waals surface area (Å²) < 4.78 is 0. The number of halogens is 4. The van der Waals surface area contributed by atoms with Crippen LogP contribution in [0.4, 0.5) is 0 Å². The second kappa shape index (κ2) is 4.35. The molecule has 0 nitrogen and oxygen atoms in total. The molecule has 0 radical (unpaired) electrons. The lowest BCUT2D eigenvalue weighted by Gasteiger charge is -2.18. The summed E-state index contributed by atoms with van der Waals surface area (Å²) in [5, 5.41) is 0. The third-order valence-electron chi connectivity index (χ3n) is 1.15. The first-order chi connectivity index (χ1) is 4.83. The lowest BCUT2D eigenvalue weighted by Crippen LogP contribution is -2.30. The summed E-state index contributed by atoms with van der Waals surface area (Å²) in [5.41, 5.74) is 3.77. The van der Waals surface area contributed by atoms with Gasteiger partial charge in [-0.25, -0.2) is 0 Å². The minimum absolute atomic E-state index is 0.444. The van der Waals surface area contributed by atoms with Crippen molar-refractivity contribution in [3.8, 4) is 0 Å². The second-order valence-corrected chi connectivity index (χ2v) is 17.1. The zero-order valence-electron chi connectivity index (χ0n) is 5.79. The highest BCUT2D eigenvalue weighted by atomic mass is 35.8. The predicted octanol–water partition coefficient (Wildman–Crippen LogP) is 3.82. The summed E-state index contributed by atoms with van der Waals surface area (Å²) in [6.07, 6.45) is 0. The van der Waals surface area contributed by atoms with Gasteiger partial charge < -0.3 is 0 Å². The molecule has 0 bridgehead atoms. The SMILES string of the molecule is C=C[Si](Cl)(C=C)C[Si](Cl)(Cl)Cl. The highest BCUT2D eigenvalue weighted by molar-refractivity contribution is 7.67. The molecule has 0 aromatic rings. The molecule has 0 fully saturated rings. The molecule has 0 atom stereocenters. The average Bonchev–Trinajstić information content (AvgIpc) is 1.84. The van der Waals surface area contributed by atoms with Crippen LogP contribution >= 0.6 is 44.3 Å². The summed E-state index contributed by atoms with van der Waals surface area (Å²) in [5.74, 6) is 0. The molecular formula is C5H8Cl4Si2. The van der Waals surface area contributed by atoms with E-state index < -0.39 is 13.4 Å². The Hall–Kier alpha value is 1.07. The molecule has 0 unspecified atom stereocenters. The van der Waals surface area contributed by atoms with E-state index in [9.17, 15) is 0 Å². The minimum atomic E-state index is -2.63. The fraction of sp³-hybridized carbons (Fsp3) is 0.200. The molecule has 11 heavy (non-hydrogen) atoms. The first kappa shape index (κ1) is 12.1. The van der Waals surface area contributed by atoms with Crippen molar-refractivity contribution in [3.63, 3.8) is 0 Å². The molecule has 0 amide bonds. The van der Waals surface area contributed by atoms with Crippen molar-refractivity contribution in [2.45, 2.75) is 5.67 Å². The van der Waals surface area contributed by atoms with Crippen LogP contribution in [0, 0.1) is 0 Å². The smallest absolute Gasteiger partial charge is 0.156 e. The van der Waals surface area contributed by atoms with Crippen LogP contribution in [0.2, 0.25) is 5.67 Å². The largest absolute Gasteiger partial charge is 0.340 e. The first-order valence-electron chi connectivity index (χ1n) is 2.86. The van der Waals surface area contributed by atoms with Crippen molar-refractivity contribution >= 4 is 57.7 Å². The molecule has 0 rings (SSSR count). The summed E-state index contributed by atoms with van der Waals surface area (Å²) in [7, 11) is -2.17. The van der Waals surface area contributed by atoms with Gasteiger partial charge in [-0.2, -0.15) is 11.1 Å². The summed E-state index contributed by atoms with van der Waals surface area (Å²) in [4.78, 5) is 0. The van der Waals surface area contributed by atoms with Crippen molar-refractivity contribution in [2.24, 2.45) is 0 Å². The zero-order chi connectivity index (χ0) is 9.12. The Morgan fingerprint density at radius 2 is 1.36 bits per heavy atom. The van der Waals surface area contributed by atoms with Crippen molar-refractivity contribution in [2.75, 3.05) is 0 Å². The van der Waals surface area contributed by atoms with Crippen LogP contribution in [0.25, 0.3) is 0 Å². The van der Waals surface area contributed by atoms with E-state index in [2.05, 4.69) is 13.2 Å². The van der Waals surface area contributed by atoms with Gasteiger partial charge in [0.25, 0.3) is 0 Å². The molecule has 0 spiro atoms. The highest BCUT2D eigenvalue weighted by Gasteiger charge is 2.37. The molecule has 0 aromatic carbocycles. The van der Waals surface area contributed by atoms with Gasteiger partial charge in [-0.3, -0.25) is 0 Å². The van der Waals surface area contributed by atoms with E-state index in [1.165, 1.54) is 0 Å². The molecule has 0 aliphatic heterocycles. The Morgan fingerprint density at radius 3 is 1.45 bits per heavy atom. The second-order valence-electron chi connectivity index (χ2n) is 2.13. The van der Waals surface area contributed by atoms with Gasteiger partial charge in [0.1, 0.15) is 0 Å². The van der Waals surface area contributed by atoms with Gasteiger partial charge in [0.05, 0.1) is 0 Å². The van der Waals surface area contributed by atoms with Crippen LogP contribution in [-0.4, -0.2) is 13.4 Å². The lowest BCUT2D eigenvalue weighted by molar-refractivity contribution is 1.89. The molecule has 6 heteroatoms. The van der Waals surface area contributed by atoms with Crippen LogP contribution in [0.1, 0.15) is 0 Å². The standard InChI is InChI=1S/C5H8Cl4Si2/c1-3-10(6,4-2)5-11(7,8)9/h3-4H,1-2,5H2. The maximum atomic E-state index is 6.08. The van der Waals surface area contributed by atoms with Crippen molar-refractivity contribution in [1.29, 1.82) is 0 Å². The molecule has 0 aliphatic rings. The van der Waals surface area contributed by atoms with Crippen LogP contribution in [0.3, 0.4) is 0 Å². The maximum Gasteiger partial charge on any atom is 0.340 e. The topological polar surface area (TPSA) is 0 Å². The van der Waals surface area contributed by atoms with E-state index >= 15 is 0 Å². The quantitative estimate of drug-likeness (QED) is 0.536. The van der Waals surface area contributed by atoms with Gasteiger partial charge in [0.2, 0.25) is 7.38 Å². The predicted molar refractivity (Wildman–Crippen MR) is 60.1 cm³/mol. The molecule has 0 saturated heterocycles. The number of hydrogen-bond acceptors (Lipinski definition) is 0. The first-order valence-corrected chi connectivity index (χ1v) is 11.5. The summed E-state index contributed by atoms with van der Waals surface area (Å²) in [6.45, 7) is 7.19.